The molecule has 1 saturated carbocycles. The van der Waals surface area contributed by atoms with Crippen LogP contribution in [0, 0.1) is 12.7 Å². The van der Waals surface area contributed by atoms with E-state index in [1.54, 1.807) is 26.2 Å². The molecule has 11 heteroatoms. The summed E-state index contributed by atoms with van der Waals surface area (Å²) >= 11 is 0. The van der Waals surface area contributed by atoms with Gasteiger partial charge in [-0.1, -0.05) is 0 Å². The molecule has 1 aliphatic carbocycles. The van der Waals surface area contributed by atoms with Crippen molar-refractivity contribution in [1.82, 2.24) is 9.97 Å². The monoisotopic (exact) mass is 494 g/mol. The molecule has 0 radical (unpaired) electrons. The second kappa shape index (κ2) is 9.03. The van der Waals surface area contributed by atoms with Crippen LogP contribution in [0.5, 0.6) is 11.5 Å². The summed E-state index contributed by atoms with van der Waals surface area (Å²) in [4.78, 5) is 8.85. The quantitative estimate of drug-likeness (QED) is 0.319. The minimum Gasteiger partial charge on any atom is -0.493 e. The van der Waals surface area contributed by atoms with Gasteiger partial charge in [0, 0.05) is 29.8 Å². The Morgan fingerprint density at radius 3 is 2.43 bits per heavy atom. The van der Waals surface area contributed by atoms with E-state index in [9.17, 15) is 17.6 Å². The molecular formula is C24H26F4N4O3. The molecule has 0 amide bonds. The topological polar surface area (TPSA) is 91.5 Å². The lowest BCUT2D eigenvalue weighted by atomic mass is 10.0. The molecular weight excluding hydrogens is 468 g/mol. The lowest BCUT2D eigenvalue weighted by molar-refractivity contribution is -0.140. The predicted octanol–water partition coefficient (Wildman–Crippen LogP) is 5.42. The summed E-state index contributed by atoms with van der Waals surface area (Å²) in [5.41, 5.74) is 3.89. The molecule has 0 aliphatic heterocycles. The van der Waals surface area contributed by atoms with E-state index in [1.807, 2.05) is 0 Å². The Kier molecular flexibility index (Phi) is 6.39. The fourth-order valence-electron chi connectivity index (χ4n) is 3.99. The number of hydrogen-bond donors (Lipinski definition) is 2. The van der Waals surface area contributed by atoms with Crippen LogP contribution in [-0.4, -0.2) is 36.4 Å². The third-order valence-corrected chi connectivity index (χ3v) is 5.88. The number of nitrogens with two attached hydrogens (primary N) is 1. The molecule has 4 rings (SSSR count). The molecule has 7 nitrogen and oxygen atoms in total. The van der Waals surface area contributed by atoms with Crippen LogP contribution in [0.1, 0.15) is 42.8 Å². The van der Waals surface area contributed by atoms with E-state index in [2.05, 4.69) is 15.3 Å². The summed E-state index contributed by atoms with van der Waals surface area (Å²) in [6, 6.07) is 4.26. The van der Waals surface area contributed by atoms with Crippen molar-refractivity contribution in [1.29, 1.82) is 0 Å². The van der Waals surface area contributed by atoms with Crippen LogP contribution in [0.4, 0.5) is 29.1 Å². The largest absolute Gasteiger partial charge is 0.493 e. The van der Waals surface area contributed by atoms with Gasteiger partial charge in [-0.05, 0) is 44.9 Å². The highest BCUT2D eigenvalue weighted by molar-refractivity contribution is 5.92. The van der Waals surface area contributed by atoms with Crippen LogP contribution < -0.4 is 20.5 Å². The molecule has 0 saturated heterocycles. The van der Waals surface area contributed by atoms with Gasteiger partial charge >= 0.3 is 6.18 Å². The number of nitrogens with zero attached hydrogens (tertiary/aromatic N) is 2. The number of ether oxygens (including phenoxy) is 3. The Bertz CT molecular complexity index is 1260. The Morgan fingerprint density at radius 1 is 1.11 bits per heavy atom. The normalized spacial score (nSPS) is 15.7. The molecule has 1 heterocycles. The van der Waals surface area contributed by atoms with Gasteiger partial charge in [0.15, 0.2) is 11.5 Å². The summed E-state index contributed by atoms with van der Waals surface area (Å²) < 4.78 is 71.7. The Hall–Kier alpha value is -3.34. The summed E-state index contributed by atoms with van der Waals surface area (Å²) in [6.07, 6.45) is -3.23. The van der Waals surface area contributed by atoms with Crippen molar-refractivity contribution in [3.63, 3.8) is 0 Å². The first-order valence-electron chi connectivity index (χ1n) is 10.9. The van der Waals surface area contributed by atoms with E-state index in [0.717, 1.165) is 12.8 Å². The smallest absolute Gasteiger partial charge is 0.419 e. The molecule has 1 atom stereocenters. The van der Waals surface area contributed by atoms with E-state index >= 15 is 0 Å². The van der Waals surface area contributed by atoms with Gasteiger partial charge < -0.3 is 25.3 Å². The number of fused-ring (bicyclic) bond motifs is 1. The van der Waals surface area contributed by atoms with Crippen molar-refractivity contribution in [3.05, 3.63) is 47.0 Å². The summed E-state index contributed by atoms with van der Waals surface area (Å²) in [5, 5.41) is 3.56. The highest BCUT2D eigenvalue weighted by Gasteiger charge is 2.46. The highest BCUT2D eigenvalue weighted by Crippen LogP contribution is 2.45. The number of benzene rings is 2. The molecule has 35 heavy (non-hydrogen) atoms. The molecule has 3 aromatic rings. The van der Waals surface area contributed by atoms with Crippen LogP contribution in [0.2, 0.25) is 0 Å². The van der Waals surface area contributed by atoms with Crippen LogP contribution in [0.25, 0.3) is 10.9 Å². The molecule has 0 bridgehead atoms. The first-order valence-corrected chi connectivity index (χ1v) is 10.9. The first kappa shape index (κ1) is 24.8. The Labute approximate surface area is 199 Å². The van der Waals surface area contributed by atoms with Crippen molar-refractivity contribution in [2.75, 3.05) is 31.9 Å². The number of halogens is 4. The lowest BCUT2D eigenvalue weighted by Crippen LogP contribution is -2.24. The van der Waals surface area contributed by atoms with Gasteiger partial charge in [-0.25, -0.2) is 14.4 Å². The average molecular weight is 494 g/mol. The second-order valence-electron chi connectivity index (χ2n) is 8.69. The minimum absolute atomic E-state index is 0.195. The fourth-order valence-corrected chi connectivity index (χ4v) is 3.99. The predicted molar refractivity (Wildman–Crippen MR) is 123 cm³/mol. The molecule has 0 unspecified atom stereocenters. The van der Waals surface area contributed by atoms with Gasteiger partial charge in [-0.3, -0.25) is 0 Å². The van der Waals surface area contributed by atoms with E-state index in [0.29, 0.717) is 46.7 Å². The minimum atomic E-state index is -4.88. The number of aryl methyl sites for hydroxylation is 1. The van der Waals surface area contributed by atoms with Crippen LogP contribution >= 0.6 is 0 Å². The second-order valence-corrected chi connectivity index (χ2v) is 8.69. The molecule has 3 N–H and O–H groups in total. The number of alkyl halides is 3. The highest BCUT2D eigenvalue weighted by atomic mass is 19.4. The van der Waals surface area contributed by atoms with Crippen molar-refractivity contribution in [2.45, 2.75) is 44.5 Å². The third-order valence-electron chi connectivity index (χ3n) is 5.88. The SMILES string of the molecule is COCC1(Oc2cc3c(N[C@H](C)c4cc(N)cc(C(F)(F)F)c4F)nc(C)nc3cc2OC)CC1. The lowest BCUT2D eigenvalue weighted by Gasteiger charge is -2.22. The zero-order valence-corrected chi connectivity index (χ0v) is 19.7. The average Bonchev–Trinajstić information content (AvgIpc) is 3.53. The van der Waals surface area contributed by atoms with Crippen molar-refractivity contribution < 1.29 is 31.8 Å². The standard InChI is InChI=1S/C24H26F4N4O3/c1-12(15-7-14(29)8-17(21(15)25)24(26,27)28)30-22-16-9-20(35-23(5-6-23)11-33-3)19(34-4)10-18(16)31-13(2)32-22/h7-10,12H,5-6,11,29H2,1-4H3,(H,30,31,32)/t12-/m1/s1. The molecule has 1 aromatic heterocycles. The number of aromatic nitrogens is 2. The molecule has 1 aliphatic rings. The van der Waals surface area contributed by atoms with Gasteiger partial charge in [0.2, 0.25) is 0 Å². The zero-order valence-electron chi connectivity index (χ0n) is 19.7. The number of methoxy groups -OCH3 is 2. The number of anilines is 2. The summed E-state index contributed by atoms with van der Waals surface area (Å²) in [7, 11) is 3.11. The Balaban J connectivity index is 1.75. The number of nitrogens with one attached hydrogen (secondary N) is 1. The van der Waals surface area contributed by atoms with E-state index in [4.69, 9.17) is 19.9 Å². The third kappa shape index (κ3) is 5.04. The van der Waals surface area contributed by atoms with E-state index < -0.39 is 29.2 Å². The maximum absolute atomic E-state index is 14.8. The zero-order chi connectivity index (χ0) is 25.5. The van der Waals surface area contributed by atoms with Crippen molar-refractivity contribution in [2.24, 2.45) is 0 Å². The Morgan fingerprint density at radius 2 is 1.83 bits per heavy atom. The summed E-state index contributed by atoms with van der Waals surface area (Å²) in [6.45, 7) is 3.61. The van der Waals surface area contributed by atoms with Crippen LogP contribution in [-0.2, 0) is 10.9 Å². The van der Waals surface area contributed by atoms with E-state index in [1.165, 1.54) is 20.1 Å². The van der Waals surface area contributed by atoms with Crippen LogP contribution in [0.15, 0.2) is 24.3 Å². The number of hydrogen-bond acceptors (Lipinski definition) is 7. The van der Waals surface area contributed by atoms with E-state index in [-0.39, 0.29) is 11.3 Å². The van der Waals surface area contributed by atoms with Gasteiger partial charge in [-0.15, -0.1) is 0 Å². The van der Waals surface area contributed by atoms with Gasteiger partial charge in [-0.2, -0.15) is 13.2 Å². The van der Waals surface area contributed by atoms with Crippen molar-refractivity contribution >= 4 is 22.4 Å². The van der Waals surface area contributed by atoms with Gasteiger partial charge in [0.25, 0.3) is 0 Å². The summed E-state index contributed by atoms with van der Waals surface area (Å²) in [5.74, 6) is 0.244. The maximum Gasteiger partial charge on any atom is 0.419 e. The van der Waals surface area contributed by atoms with Gasteiger partial charge in [0.05, 0.1) is 30.8 Å². The molecule has 0 spiro atoms. The number of rotatable bonds is 8. The molecule has 188 valence electrons. The van der Waals surface area contributed by atoms with Crippen molar-refractivity contribution in [3.8, 4) is 11.5 Å². The number of nitrogen functional groups attached to an aromatic ring is 1. The first-order chi connectivity index (χ1) is 16.5. The maximum atomic E-state index is 14.8. The molecule has 1 fully saturated rings. The fraction of sp³-hybridized carbons (Fsp3) is 0.417. The van der Waals surface area contributed by atoms with Crippen LogP contribution in [0.3, 0.4) is 0 Å². The van der Waals surface area contributed by atoms with Gasteiger partial charge in [0.1, 0.15) is 23.1 Å². The molecule has 2 aromatic carbocycles.